The van der Waals surface area contributed by atoms with E-state index in [1.54, 1.807) is 30.3 Å². The van der Waals surface area contributed by atoms with Crippen molar-refractivity contribution in [2.45, 2.75) is 13.0 Å². The molecule has 0 saturated carbocycles. The van der Waals surface area contributed by atoms with E-state index in [1.807, 2.05) is 19.1 Å². The van der Waals surface area contributed by atoms with Gasteiger partial charge in [-0.05, 0) is 48.9 Å². The van der Waals surface area contributed by atoms with Crippen LogP contribution in [-0.2, 0) is 0 Å². The molecule has 0 fully saturated rings. The van der Waals surface area contributed by atoms with Crippen LogP contribution in [0.2, 0.25) is 10.0 Å². The van der Waals surface area contributed by atoms with Crippen molar-refractivity contribution in [1.29, 1.82) is 0 Å². The molecule has 1 aliphatic heterocycles. The lowest BCUT2D eigenvalue weighted by atomic mass is 9.92. The lowest BCUT2D eigenvalue weighted by molar-refractivity contribution is 0.100. The summed E-state index contributed by atoms with van der Waals surface area (Å²) in [6.45, 7) is 1.92. The maximum Gasteiger partial charge on any atom is 0.280 e. The van der Waals surface area contributed by atoms with Crippen molar-refractivity contribution in [2.24, 2.45) is 16.5 Å². The van der Waals surface area contributed by atoms with Gasteiger partial charge in [-0.15, -0.1) is 0 Å². The van der Waals surface area contributed by atoms with Gasteiger partial charge in [-0.25, -0.2) is 0 Å². The molecule has 0 aliphatic carbocycles. The zero-order valence-electron chi connectivity index (χ0n) is 13.3. The van der Waals surface area contributed by atoms with Crippen molar-refractivity contribution in [3.05, 3.63) is 69.2 Å². The van der Waals surface area contributed by atoms with Crippen LogP contribution < -0.4 is 16.2 Å². The molecule has 128 valence electrons. The molecule has 2 aromatic rings. The number of halogens is 2. The Balaban J connectivity index is 2.13. The zero-order chi connectivity index (χ0) is 18.1. The molecular formula is C18H15Cl2N3O2. The van der Waals surface area contributed by atoms with Gasteiger partial charge in [0.05, 0.1) is 0 Å². The smallest absolute Gasteiger partial charge is 0.280 e. The standard InChI is InChI=1S/C18H15Cl2N3O2/c1-9-6-13(12-4-3-11(19)8-15(12)20)14-7-10(2-5-16(14)25-9)17(24)23-18(21)22/h2-9H,1H3,(H4,21,22,23,24). The molecule has 0 radical (unpaired) electrons. The number of carbonyl (C=O) groups is 1. The van der Waals surface area contributed by atoms with E-state index in [4.69, 9.17) is 39.4 Å². The highest BCUT2D eigenvalue weighted by Crippen LogP contribution is 2.39. The molecule has 5 nitrogen and oxygen atoms in total. The van der Waals surface area contributed by atoms with E-state index in [2.05, 4.69) is 4.99 Å². The minimum Gasteiger partial charge on any atom is -0.486 e. The molecule has 7 heteroatoms. The third-order valence-electron chi connectivity index (χ3n) is 3.68. The second-order valence-corrected chi connectivity index (χ2v) is 6.42. The molecule has 1 heterocycles. The molecule has 0 saturated heterocycles. The number of guanidine groups is 1. The number of nitrogens with two attached hydrogens (primary N) is 2. The fraction of sp³-hybridized carbons (Fsp3) is 0.111. The normalized spacial score (nSPS) is 15.6. The molecule has 25 heavy (non-hydrogen) atoms. The maximum atomic E-state index is 12.1. The molecular weight excluding hydrogens is 361 g/mol. The first kappa shape index (κ1) is 17.3. The Morgan fingerprint density at radius 3 is 2.56 bits per heavy atom. The summed E-state index contributed by atoms with van der Waals surface area (Å²) in [6.07, 6.45) is 1.79. The number of benzene rings is 2. The number of nitrogens with zero attached hydrogens (tertiary/aromatic N) is 1. The first-order valence-electron chi connectivity index (χ1n) is 7.47. The van der Waals surface area contributed by atoms with Gasteiger partial charge in [0.2, 0.25) is 0 Å². The van der Waals surface area contributed by atoms with Crippen LogP contribution in [0.5, 0.6) is 5.75 Å². The minimum atomic E-state index is -0.525. The minimum absolute atomic E-state index is 0.145. The van der Waals surface area contributed by atoms with Gasteiger partial charge in [0.1, 0.15) is 11.9 Å². The van der Waals surface area contributed by atoms with Crippen LogP contribution >= 0.6 is 23.2 Å². The molecule has 2 aromatic carbocycles. The van der Waals surface area contributed by atoms with Gasteiger partial charge < -0.3 is 16.2 Å². The van der Waals surface area contributed by atoms with Crippen molar-refractivity contribution in [3.8, 4) is 5.75 Å². The molecule has 1 amide bonds. The fourth-order valence-electron chi connectivity index (χ4n) is 2.66. The van der Waals surface area contributed by atoms with Gasteiger partial charge >= 0.3 is 0 Å². The Morgan fingerprint density at radius 1 is 1.12 bits per heavy atom. The first-order valence-corrected chi connectivity index (χ1v) is 8.23. The summed E-state index contributed by atoms with van der Waals surface area (Å²) >= 11 is 12.3. The van der Waals surface area contributed by atoms with Crippen LogP contribution in [0.15, 0.2) is 47.5 Å². The number of carbonyl (C=O) groups excluding carboxylic acids is 1. The fourth-order valence-corrected chi connectivity index (χ4v) is 3.17. The average molecular weight is 376 g/mol. The number of fused-ring (bicyclic) bond motifs is 1. The van der Waals surface area contributed by atoms with Gasteiger partial charge in [0.15, 0.2) is 5.96 Å². The predicted octanol–water partition coefficient (Wildman–Crippen LogP) is 3.62. The van der Waals surface area contributed by atoms with Gasteiger partial charge in [0, 0.05) is 26.7 Å². The monoisotopic (exact) mass is 375 g/mol. The van der Waals surface area contributed by atoms with Crippen LogP contribution in [0.25, 0.3) is 5.57 Å². The molecule has 1 atom stereocenters. The summed E-state index contributed by atoms with van der Waals surface area (Å²) in [6, 6.07) is 10.3. The zero-order valence-corrected chi connectivity index (χ0v) is 14.8. The second kappa shape index (κ2) is 6.78. The van der Waals surface area contributed by atoms with E-state index in [0.717, 1.165) is 16.7 Å². The van der Waals surface area contributed by atoms with Crippen molar-refractivity contribution in [1.82, 2.24) is 0 Å². The number of ether oxygens (including phenoxy) is 1. The van der Waals surface area contributed by atoms with E-state index in [9.17, 15) is 4.79 Å². The summed E-state index contributed by atoms with van der Waals surface area (Å²) in [5.41, 5.74) is 13.3. The largest absolute Gasteiger partial charge is 0.486 e. The van der Waals surface area contributed by atoms with Crippen molar-refractivity contribution in [3.63, 3.8) is 0 Å². The number of aliphatic imine (C=N–C) groups is 1. The maximum absolute atomic E-state index is 12.1. The number of amides is 1. The summed E-state index contributed by atoms with van der Waals surface area (Å²) < 4.78 is 5.82. The molecule has 3 rings (SSSR count). The summed E-state index contributed by atoms with van der Waals surface area (Å²) in [5, 5.41) is 1.06. The highest BCUT2D eigenvalue weighted by Gasteiger charge is 2.22. The van der Waals surface area contributed by atoms with E-state index in [0.29, 0.717) is 21.4 Å². The van der Waals surface area contributed by atoms with Crippen molar-refractivity contribution < 1.29 is 9.53 Å². The highest BCUT2D eigenvalue weighted by molar-refractivity contribution is 6.36. The Morgan fingerprint density at radius 2 is 1.88 bits per heavy atom. The highest BCUT2D eigenvalue weighted by atomic mass is 35.5. The summed E-state index contributed by atoms with van der Waals surface area (Å²) in [7, 11) is 0. The molecule has 1 unspecified atom stereocenters. The van der Waals surface area contributed by atoms with E-state index in [1.165, 1.54) is 0 Å². The third-order valence-corrected chi connectivity index (χ3v) is 4.23. The van der Waals surface area contributed by atoms with Crippen LogP contribution in [0.1, 0.15) is 28.4 Å². The Labute approximate surface area is 154 Å². The van der Waals surface area contributed by atoms with Gasteiger partial charge in [0.25, 0.3) is 5.91 Å². The van der Waals surface area contributed by atoms with Crippen LogP contribution in [0, 0.1) is 0 Å². The van der Waals surface area contributed by atoms with Crippen LogP contribution in [0.3, 0.4) is 0 Å². The molecule has 0 aromatic heterocycles. The average Bonchev–Trinajstić information content (AvgIpc) is 2.53. The lowest BCUT2D eigenvalue weighted by Crippen LogP contribution is -2.24. The Bertz CT molecular complexity index is 919. The molecule has 0 bridgehead atoms. The van der Waals surface area contributed by atoms with E-state index in [-0.39, 0.29) is 12.1 Å². The topological polar surface area (TPSA) is 90.7 Å². The van der Waals surface area contributed by atoms with Crippen LogP contribution in [-0.4, -0.2) is 18.0 Å². The van der Waals surface area contributed by atoms with Crippen molar-refractivity contribution in [2.75, 3.05) is 0 Å². The second-order valence-electron chi connectivity index (χ2n) is 5.58. The lowest BCUT2D eigenvalue weighted by Gasteiger charge is -2.24. The third kappa shape index (κ3) is 3.62. The van der Waals surface area contributed by atoms with E-state index >= 15 is 0 Å². The van der Waals surface area contributed by atoms with Gasteiger partial charge in [-0.2, -0.15) is 4.99 Å². The SMILES string of the molecule is CC1C=C(c2ccc(Cl)cc2Cl)c2cc(C(=O)N=C(N)N)ccc2O1. The molecule has 0 spiro atoms. The van der Waals surface area contributed by atoms with Crippen LogP contribution in [0.4, 0.5) is 0 Å². The number of hydrogen-bond acceptors (Lipinski definition) is 2. The van der Waals surface area contributed by atoms with E-state index < -0.39 is 5.91 Å². The summed E-state index contributed by atoms with van der Waals surface area (Å²) in [4.78, 5) is 15.7. The first-order chi connectivity index (χ1) is 11.8. The van der Waals surface area contributed by atoms with Crippen molar-refractivity contribution >= 4 is 40.6 Å². The predicted molar refractivity (Wildman–Crippen MR) is 100 cm³/mol. The summed E-state index contributed by atoms with van der Waals surface area (Å²) in [5.74, 6) is -0.163. The molecule has 4 N–H and O–H groups in total. The quantitative estimate of drug-likeness (QED) is 0.619. The Kier molecular flexibility index (Phi) is 4.70. The number of rotatable bonds is 2. The molecule has 1 aliphatic rings. The van der Waals surface area contributed by atoms with Gasteiger partial charge in [-0.1, -0.05) is 29.3 Å². The number of hydrogen-bond donors (Lipinski definition) is 2. The Hall–Kier alpha value is -2.50. The van der Waals surface area contributed by atoms with Gasteiger partial charge in [-0.3, -0.25) is 4.79 Å².